The second-order valence-corrected chi connectivity index (χ2v) is 7.64. The topological polar surface area (TPSA) is 46.6 Å². The van der Waals surface area contributed by atoms with E-state index in [0.29, 0.717) is 42.9 Å². The second kappa shape index (κ2) is 8.21. The number of ketones is 1. The van der Waals surface area contributed by atoms with Gasteiger partial charge in [-0.3, -0.25) is 14.5 Å². The largest absolute Gasteiger partial charge is 0.494 e. The number of benzene rings is 2. The predicted octanol–water partition coefficient (Wildman–Crippen LogP) is 5.63. The molecule has 2 aliphatic rings. The Balaban J connectivity index is 1.83. The van der Waals surface area contributed by atoms with Crippen LogP contribution in [-0.2, 0) is 15.8 Å². The predicted molar refractivity (Wildman–Crippen MR) is 110 cm³/mol. The molecule has 0 N–H and O–H groups in total. The minimum absolute atomic E-state index is 0.0647. The average Bonchev–Trinajstić information content (AvgIpc) is 2.73. The first-order valence-electron chi connectivity index (χ1n) is 10.3. The normalized spacial score (nSPS) is 19.5. The van der Waals surface area contributed by atoms with Crippen LogP contribution in [0.4, 0.5) is 18.9 Å². The highest BCUT2D eigenvalue weighted by Gasteiger charge is 2.43. The lowest BCUT2D eigenvalue weighted by Crippen LogP contribution is -2.41. The molecule has 1 aliphatic heterocycles. The number of hydrogen-bond acceptors (Lipinski definition) is 3. The van der Waals surface area contributed by atoms with Gasteiger partial charge in [-0.15, -0.1) is 0 Å². The summed E-state index contributed by atoms with van der Waals surface area (Å²) in [6.45, 7) is 2.39. The van der Waals surface area contributed by atoms with Gasteiger partial charge in [0.15, 0.2) is 5.78 Å². The fourth-order valence-electron chi connectivity index (χ4n) is 4.43. The lowest BCUT2D eigenvalue weighted by molar-refractivity contribution is -0.137. The summed E-state index contributed by atoms with van der Waals surface area (Å²) in [5.41, 5.74) is 0.526. The van der Waals surface area contributed by atoms with Crippen molar-refractivity contribution in [2.24, 2.45) is 0 Å². The number of ether oxygens (including phenoxy) is 1. The maximum absolute atomic E-state index is 13.6. The molecule has 0 saturated carbocycles. The van der Waals surface area contributed by atoms with E-state index >= 15 is 0 Å². The Kier molecular flexibility index (Phi) is 5.60. The third-order valence-corrected chi connectivity index (χ3v) is 5.72. The fraction of sp³-hybridized carbons (Fsp3) is 0.333. The molecule has 31 heavy (non-hydrogen) atoms. The molecular formula is C24H22F3NO3. The number of carbonyl (C=O) groups is 2. The fourth-order valence-corrected chi connectivity index (χ4v) is 4.43. The summed E-state index contributed by atoms with van der Waals surface area (Å²) in [5.74, 6) is -0.343. The highest BCUT2D eigenvalue weighted by molar-refractivity contribution is 6.07. The Morgan fingerprint density at radius 1 is 1.03 bits per heavy atom. The number of carbonyl (C=O) groups excluding carboxylic acids is 2. The number of para-hydroxylation sites is 1. The summed E-state index contributed by atoms with van der Waals surface area (Å²) in [6, 6.07) is 12.2. The van der Waals surface area contributed by atoms with Gasteiger partial charge in [-0.2, -0.15) is 13.2 Å². The van der Waals surface area contributed by atoms with E-state index in [1.165, 1.54) is 18.2 Å². The molecule has 0 saturated heterocycles. The SMILES string of the molecule is CCOc1ccc(C2CC(=O)N(c3ccccc3C(F)(F)F)C3=C2C(=O)CCC3)cc1. The van der Waals surface area contributed by atoms with Crippen molar-refractivity contribution in [3.05, 3.63) is 70.9 Å². The Hall–Kier alpha value is -3.09. The summed E-state index contributed by atoms with van der Waals surface area (Å²) in [5, 5.41) is 0. The quantitative estimate of drug-likeness (QED) is 0.633. The summed E-state index contributed by atoms with van der Waals surface area (Å²) in [7, 11) is 0. The molecular weight excluding hydrogens is 407 g/mol. The van der Waals surface area contributed by atoms with E-state index in [1.54, 1.807) is 12.1 Å². The van der Waals surface area contributed by atoms with E-state index in [1.807, 2.05) is 19.1 Å². The Morgan fingerprint density at radius 3 is 2.42 bits per heavy atom. The molecule has 162 valence electrons. The minimum Gasteiger partial charge on any atom is -0.494 e. The molecule has 1 heterocycles. The summed E-state index contributed by atoms with van der Waals surface area (Å²) in [4.78, 5) is 27.2. The van der Waals surface area contributed by atoms with Crippen molar-refractivity contribution in [2.45, 2.75) is 44.7 Å². The zero-order valence-electron chi connectivity index (χ0n) is 17.0. The van der Waals surface area contributed by atoms with Crippen LogP contribution in [0.2, 0.25) is 0 Å². The van der Waals surface area contributed by atoms with Crippen LogP contribution in [0, 0.1) is 0 Å². The number of halogens is 3. The highest BCUT2D eigenvalue weighted by Crippen LogP contribution is 2.46. The first-order valence-corrected chi connectivity index (χ1v) is 10.3. The maximum Gasteiger partial charge on any atom is 0.418 e. The number of amides is 1. The van der Waals surface area contributed by atoms with E-state index in [-0.39, 0.29) is 17.9 Å². The van der Waals surface area contributed by atoms with E-state index in [9.17, 15) is 22.8 Å². The maximum atomic E-state index is 13.6. The van der Waals surface area contributed by atoms with Crippen LogP contribution >= 0.6 is 0 Å². The average molecular weight is 429 g/mol. The van der Waals surface area contributed by atoms with E-state index < -0.39 is 23.6 Å². The third-order valence-electron chi connectivity index (χ3n) is 5.72. The van der Waals surface area contributed by atoms with Crippen LogP contribution in [0.25, 0.3) is 0 Å². The molecule has 4 rings (SSSR count). The molecule has 0 radical (unpaired) electrons. The highest BCUT2D eigenvalue weighted by atomic mass is 19.4. The van der Waals surface area contributed by atoms with Crippen molar-refractivity contribution in [1.29, 1.82) is 0 Å². The van der Waals surface area contributed by atoms with Crippen molar-refractivity contribution in [3.63, 3.8) is 0 Å². The van der Waals surface area contributed by atoms with E-state index in [4.69, 9.17) is 4.74 Å². The standard InChI is InChI=1S/C24H22F3NO3/c1-2-31-16-12-10-15(11-13-16)17-14-22(30)28(20-8-5-9-21(29)23(17)20)19-7-4-3-6-18(19)24(25,26)27/h3-4,6-7,10-13,17H,2,5,8-9,14H2,1H3. The van der Waals surface area contributed by atoms with Gasteiger partial charge in [0.05, 0.1) is 17.9 Å². The molecule has 1 atom stereocenters. The first-order chi connectivity index (χ1) is 14.8. The molecule has 0 spiro atoms. The second-order valence-electron chi connectivity index (χ2n) is 7.64. The Labute approximate surface area is 178 Å². The number of alkyl halides is 3. The number of nitrogens with zero attached hydrogens (tertiary/aromatic N) is 1. The van der Waals surface area contributed by atoms with E-state index in [0.717, 1.165) is 16.5 Å². The monoisotopic (exact) mass is 429 g/mol. The summed E-state index contributed by atoms with van der Waals surface area (Å²) >= 11 is 0. The van der Waals surface area contributed by atoms with Gasteiger partial charge in [0.1, 0.15) is 5.75 Å². The molecule has 7 heteroatoms. The molecule has 4 nitrogen and oxygen atoms in total. The summed E-state index contributed by atoms with van der Waals surface area (Å²) in [6.07, 6.45) is -3.46. The molecule has 1 aliphatic carbocycles. The van der Waals surface area contributed by atoms with Crippen molar-refractivity contribution >= 4 is 17.4 Å². The molecule has 0 fully saturated rings. The number of Topliss-reactive ketones (excluding diaryl/α,β-unsaturated/α-hetero) is 1. The smallest absolute Gasteiger partial charge is 0.418 e. The molecule has 0 bridgehead atoms. The van der Waals surface area contributed by atoms with Gasteiger partial charge >= 0.3 is 6.18 Å². The van der Waals surface area contributed by atoms with Crippen LogP contribution in [0.1, 0.15) is 49.7 Å². The third kappa shape index (κ3) is 3.96. The zero-order chi connectivity index (χ0) is 22.2. The van der Waals surface area contributed by atoms with Crippen LogP contribution in [0.5, 0.6) is 5.75 Å². The van der Waals surface area contributed by atoms with Crippen molar-refractivity contribution in [1.82, 2.24) is 0 Å². The number of rotatable bonds is 4. The van der Waals surface area contributed by atoms with E-state index in [2.05, 4.69) is 0 Å². The van der Waals surface area contributed by atoms with Gasteiger partial charge < -0.3 is 4.74 Å². The van der Waals surface area contributed by atoms with Gasteiger partial charge in [-0.1, -0.05) is 24.3 Å². The Bertz CT molecular complexity index is 1040. The minimum atomic E-state index is -4.61. The van der Waals surface area contributed by atoms with Crippen molar-refractivity contribution in [2.75, 3.05) is 11.5 Å². The molecule has 2 aromatic carbocycles. The first kappa shape index (κ1) is 21.2. The van der Waals surface area contributed by atoms with Crippen molar-refractivity contribution in [3.8, 4) is 5.75 Å². The molecule has 2 aromatic rings. The number of hydrogen-bond donors (Lipinski definition) is 0. The Morgan fingerprint density at radius 2 is 1.74 bits per heavy atom. The molecule has 1 unspecified atom stereocenters. The lowest BCUT2D eigenvalue weighted by Gasteiger charge is -2.39. The number of anilines is 1. The van der Waals surface area contributed by atoms with Crippen LogP contribution in [0.15, 0.2) is 59.8 Å². The number of allylic oxidation sites excluding steroid dienone is 2. The molecule has 0 aromatic heterocycles. The van der Waals surface area contributed by atoms with Crippen LogP contribution in [-0.4, -0.2) is 18.3 Å². The van der Waals surface area contributed by atoms with Crippen molar-refractivity contribution < 1.29 is 27.5 Å². The van der Waals surface area contributed by atoms with Gasteiger partial charge in [-0.05, 0) is 49.6 Å². The van der Waals surface area contributed by atoms with Gasteiger partial charge in [-0.25, -0.2) is 0 Å². The molecule has 1 amide bonds. The zero-order valence-corrected chi connectivity index (χ0v) is 17.0. The lowest BCUT2D eigenvalue weighted by atomic mass is 9.77. The van der Waals surface area contributed by atoms with Gasteiger partial charge in [0.25, 0.3) is 0 Å². The van der Waals surface area contributed by atoms with Gasteiger partial charge in [0.2, 0.25) is 5.91 Å². The van der Waals surface area contributed by atoms with Crippen LogP contribution in [0.3, 0.4) is 0 Å². The van der Waals surface area contributed by atoms with Crippen LogP contribution < -0.4 is 9.64 Å². The summed E-state index contributed by atoms with van der Waals surface area (Å²) < 4.78 is 46.4. The van der Waals surface area contributed by atoms with Gasteiger partial charge in [0, 0.05) is 30.0 Å².